The SMILES string of the molecule is COc1cc2c(cc1O)C1=CC3CC4(CCC(Cn5c(-c6cccc(O)c6)cc6[nH]ccc65)C4)C4CC(O)CCC4C3C2CC(=O)CC(C(O)Cc2ccc(O)c(OCCO)c2)OC(=O)CC#CCc2c1[nH]c1ccccc21. The van der Waals surface area contributed by atoms with Crippen molar-refractivity contribution in [2.24, 2.45) is 35.0 Å². The summed E-state index contributed by atoms with van der Waals surface area (Å²) in [5, 5.41) is 67.0. The lowest BCUT2D eigenvalue weighted by Crippen LogP contribution is -2.51. The van der Waals surface area contributed by atoms with Gasteiger partial charge in [0.25, 0.3) is 0 Å². The summed E-state index contributed by atoms with van der Waals surface area (Å²) in [6.45, 7) is 0.468. The van der Waals surface area contributed by atoms with E-state index in [2.05, 4.69) is 50.7 Å². The van der Waals surface area contributed by atoms with Gasteiger partial charge in [-0.15, -0.1) is 0 Å². The Morgan fingerprint density at radius 1 is 0.885 bits per heavy atom. The molecule has 14 heteroatoms. The number of cyclic esters (lactones) is 1. The zero-order chi connectivity index (χ0) is 53.8. The summed E-state index contributed by atoms with van der Waals surface area (Å²) < 4.78 is 19.9. The number of ether oxygens (including phenoxy) is 3. The fourth-order valence-corrected chi connectivity index (χ4v) is 15.1. The lowest BCUT2D eigenvalue weighted by molar-refractivity contribution is -0.155. The van der Waals surface area contributed by atoms with Crippen molar-refractivity contribution in [1.29, 1.82) is 0 Å². The minimum atomic E-state index is -1.34. The number of nitrogens with zero attached hydrogens (tertiary/aromatic N) is 1. The first-order valence-corrected chi connectivity index (χ1v) is 27.6. The van der Waals surface area contributed by atoms with E-state index in [4.69, 9.17) is 14.2 Å². The van der Waals surface area contributed by atoms with E-state index >= 15 is 4.79 Å². The molecule has 1 spiro atoms. The van der Waals surface area contributed by atoms with Gasteiger partial charge in [0.15, 0.2) is 23.0 Å². The van der Waals surface area contributed by atoms with Crippen molar-refractivity contribution < 1.29 is 54.4 Å². The van der Waals surface area contributed by atoms with Crippen LogP contribution in [0.4, 0.5) is 0 Å². The number of carbonyl (C=O) groups is 2. The van der Waals surface area contributed by atoms with Crippen molar-refractivity contribution in [3.63, 3.8) is 0 Å². The van der Waals surface area contributed by atoms with Gasteiger partial charge in [0.1, 0.15) is 30.7 Å². The van der Waals surface area contributed by atoms with Crippen molar-refractivity contribution in [2.45, 2.75) is 108 Å². The zero-order valence-electron chi connectivity index (χ0n) is 43.8. The zero-order valence-corrected chi connectivity index (χ0v) is 43.8. The quantitative estimate of drug-likeness (QED) is 0.0476. The van der Waals surface area contributed by atoms with E-state index in [1.807, 2.05) is 48.7 Å². The van der Waals surface area contributed by atoms with Crippen LogP contribution >= 0.6 is 0 Å². The predicted molar refractivity (Wildman–Crippen MR) is 295 cm³/mol. The van der Waals surface area contributed by atoms with Crippen LogP contribution in [-0.4, -0.2) is 95.6 Å². The number of aromatic hydroxyl groups is 3. The normalized spacial score (nSPS) is 26.5. The minimum absolute atomic E-state index is 0.0291. The van der Waals surface area contributed by atoms with Gasteiger partial charge in [-0.3, -0.25) is 9.59 Å². The average molecular weight is 1050 g/mol. The summed E-state index contributed by atoms with van der Waals surface area (Å²) in [6.07, 6.45) is 6.91. The molecule has 3 saturated carbocycles. The highest BCUT2D eigenvalue weighted by molar-refractivity contribution is 5.94. The molecule has 10 unspecified atom stereocenters. The van der Waals surface area contributed by atoms with E-state index in [1.54, 1.807) is 24.3 Å². The Morgan fingerprint density at radius 2 is 1.74 bits per heavy atom. The summed E-state index contributed by atoms with van der Waals surface area (Å²) in [5.41, 5.74) is 9.83. The van der Waals surface area contributed by atoms with Crippen LogP contribution < -0.4 is 9.47 Å². The number of esters is 1. The monoisotopic (exact) mass is 1050 g/mol. The average Bonchev–Trinajstić information content (AvgIpc) is 4.35. The number of H-pyrrole nitrogens is 2. The maximum atomic E-state index is 15.3. The number of methoxy groups -OCH3 is 1. The molecule has 14 nitrogen and oxygen atoms in total. The van der Waals surface area contributed by atoms with Gasteiger partial charge >= 0.3 is 5.97 Å². The van der Waals surface area contributed by atoms with Gasteiger partial charge in [-0.05, 0) is 163 Å². The lowest BCUT2D eigenvalue weighted by Gasteiger charge is -2.57. The second-order valence-corrected chi connectivity index (χ2v) is 22.8. The number of rotatable bonds is 10. The molecule has 3 fully saturated rings. The number of fused-ring (bicyclic) bond motifs is 10. The van der Waals surface area contributed by atoms with E-state index in [9.17, 15) is 35.4 Å². The summed E-state index contributed by atoms with van der Waals surface area (Å²) in [4.78, 5) is 36.3. The molecule has 0 amide bonds. The minimum Gasteiger partial charge on any atom is -0.508 e. The predicted octanol–water partition coefficient (Wildman–Crippen LogP) is 9.86. The van der Waals surface area contributed by atoms with Gasteiger partial charge < -0.3 is 59.4 Å². The molecule has 2 bridgehead atoms. The standard InChI is InChI=1S/C64H67N3O11/c1-76-58-31-47-46(30-57(58)74)49-26-39-34-64(19-17-37(33-64)35-67-53-18-20-65-52(53)32-54(67)38-7-6-8-40(69)25-38)50-28-41(70)14-15-45(50)62(39)48(47)27-42(71)29-60(56(73)23-36-13-16-55(72)59(24-36)77-22-21-68)78-61(75)12-5-3-10-44-43-9-2-4-11-51(43)66-63(44)49/h2,4,6-9,11,13,16,18,20,24-26,30-32,37,39,41,45,48,50,56,60,62,65-66,68-70,72-74H,10,12,14-15,17,19,21-23,27-29,33-35H2,1H3. The number of nitrogens with one attached hydrogen (secondary N) is 2. The number of hydrogen-bond donors (Lipinski definition) is 8. The van der Waals surface area contributed by atoms with Crippen molar-refractivity contribution in [3.8, 4) is 51.8 Å². The molecule has 4 aliphatic carbocycles. The Kier molecular flexibility index (Phi) is 13.9. The summed E-state index contributed by atoms with van der Waals surface area (Å²) >= 11 is 0. The molecule has 7 aromatic rings. The Morgan fingerprint density at radius 3 is 2.59 bits per heavy atom. The number of aliphatic hydroxyl groups excluding tert-OH is 3. The first-order chi connectivity index (χ1) is 37.9. The van der Waals surface area contributed by atoms with Crippen molar-refractivity contribution >= 4 is 39.3 Å². The number of aliphatic hydroxyl groups is 3. The van der Waals surface area contributed by atoms with Crippen LogP contribution in [0.5, 0.6) is 28.7 Å². The second-order valence-electron chi connectivity index (χ2n) is 22.8. The number of allylic oxidation sites excluding steroid dienone is 1. The Bertz CT molecular complexity index is 3520. The molecule has 8 N–H and O–H groups in total. The number of phenols is 3. The van der Waals surface area contributed by atoms with Crippen LogP contribution in [-0.2, 0) is 33.7 Å². The Hall–Kier alpha value is -7.44. The molecule has 5 aliphatic rings. The van der Waals surface area contributed by atoms with Crippen LogP contribution in [0.25, 0.3) is 38.8 Å². The van der Waals surface area contributed by atoms with Crippen LogP contribution in [0.2, 0.25) is 0 Å². The van der Waals surface area contributed by atoms with Crippen molar-refractivity contribution in [3.05, 3.63) is 131 Å². The molecule has 3 aromatic heterocycles. The molecule has 404 valence electrons. The van der Waals surface area contributed by atoms with E-state index in [1.165, 1.54) is 13.2 Å². The fraction of sp³-hybridized carbons (Fsp3) is 0.406. The molecule has 4 heterocycles. The van der Waals surface area contributed by atoms with Crippen LogP contribution in [0.3, 0.4) is 0 Å². The first-order valence-electron chi connectivity index (χ1n) is 27.6. The second kappa shape index (κ2) is 21.1. The van der Waals surface area contributed by atoms with E-state index in [0.717, 1.165) is 99.8 Å². The first kappa shape index (κ1) is 51.3. The molecule has 10 atom stereocenters. The van der Waals surface area contributed by atoms with Crippen molar-refractivity contribution in [1.82, 2.24) is 14.5 Å². The van der Waals surface area contributed by atoms with Crippen LogP contribution in [0.15, 0.2) is 103 Å². The number of hydrogen-bond acceptors (Lipinski definition) is 11. The topological polar surface area (TPSA) is 220 Å². The van der Waals surface area contributed by atoms with Gasteiger partial charge in [-0.2, -0.15) is 0 Å². The molecule has 1 aliphatic heterocycles. The van der Waals surface area contributed by atoms with Gasteiger partial charge in [0.2, 0.25) is 0 Å². The number of benzene rings is 4. The van der Waals surface area contributed by atoms with Crippen LogP contribution in [0, 0.1) is 46.8 Å². The van der Waals surface area contributed by atoms with Crippen molar-refractivity contribution in [2.75, 3.05) is 20.3 Å². The molecular formula is C64H67N3O11. The molecular weight excluding hydrogens is 987 g/mol. The van der Waals surface area contributed by atoms with E-state index in [0.29, 0.717) is 24.3 Å². The summed E-state index contributed by atoms with van der Waals surface area (Å²) in [6, 6.07) is 28.1. The Balaban J connectivity index is 0.975. The summed E-state index contributed by atoms with van der Waals surface area (Å²) in [5.74, 6) is 5.88. The number of aromatic nitrogens is 3. The Labute approximate surface area is 452 Å². The van der Waals surface area contributed by atoms with Gasteiger partial charge in [-0.1, -0.05) is 54.3 Å². The third-order valence-corrected chi connectivity index (χ3v) is 18.2. The summed E-state index contributed by atoms with van der Waals surface area (Å²) in [7, 11) is 1.53. The van der Waals surface area contributed by atoms with E-state index in [-0.39, 0.29) is 109 Å². The van der Waals surface area contributed by atoms with Gasteiger partial charge in [-0.25, -0.2) is 0 Å². The fourth-order valence-electron chi connectivity index (χ4n) is 15.1. The lowest BCUT2D eigenvalue weighted by atomic mass is 9.47. The highest BCUT2D eigenvalue weighted by atomic mass is 16.6. The molecule has 0 radical (unpaired) electrons. The largest absolute Gasteiger partial charge is 0.508 e. The van der Waals surface area contributed by atoms with Gasteiger partial charge in [0, 0.05) is 60.5 Å². The van der Waals surface area contributed by atoms with Gasteiger partial charge in [0.05, 0.1) is 48.3 Å². The third-order valence-electron chi connectivity index (χ3n) is 18.2. The maximum Gasteiger partial charge on any atom is 0.318 e. The molecule has 4 aromatic carbocycles. The molecule has 0 saturated heterocycles. The molecule has 12 rings (SSSR count). The number of Topliss-reactive ketones (excluding diaryl/α,β-unsaturated/α-hetero) is 1. The number of carbonyl (C=O) groups excluding carboxylic acids is 2. The highest BCUT2D eigenvalue weighted by Crippen LogP contribution is 2.67. The molecule has 78 heavy (non-hydrogen) atoms. The van der Waals surface area contributed by atoms with E-state index < -0.39 is 30.2 Å². The maximum absolute atomic E-state index is 15.3. The third kappa shape index (κ3) is 9.60. The number of ketones is 1. The highest BCUT2D eigenvalue weighted by Gasteiger charge is 2.58. The number of phenolic OH excluding ortho intramolecular Hbond substituents is 3. The number of para-hydroxylation sites is 1. The van der Waals surface area contributed by atoms with Crippen LogP contribution in [0.1, 0.15) is 98.1 Å². The number of aromatic amines is 2. The smallest absolute Gasteiger partial charge is 0.318 e.